The minimum Gasteiger partial charge on any atom is -0.465 e. The van der Waals surface area contributed by atoms with E-state index in [1.165, 1.54) is 0 Å². The summed E-state index contributed by atoms with van der Waals surface area (Å²) < 4.78 is 5.38. The largest absolute Gasteiger partial charge is 0.465 e. The summed E-state index contributed by atoms with van der Waals surface area (Å²) in [6.07, 6.45) is 1.44. The molecule has 0 amide bonds. The highest BCUT2D eigenvalue weighted by molar-refractivity contribution is 6.02. The number of Topliss-reactive ketones (excluding diaryl/α,β-unsaturated/α-hetero) is 1. The summed E-state index contributed by atoms with van der Waals surface area (Å²) in [6.45, 7) is 8.43. The van der Waals surface area contributed by atoms with Crippen molar-refractivity contribution in [1.82, 2.24) is 9.97 Å². The zero-order chi connectivity index (χ0) is 14.0. The van der Waals surface area contributed by atoms with E-state index in [4.69, 9.17) is 4.74 Å². The van der Waals surface area contributed by atoms with Crippen LogP contribution in [-0.4, -0.2) is 22.4 Å². The molecule has 1 aromatic heterocycles. The van der Waals surface area contributed by atoms with Crippen molar-refractivity contribution in [2.45, 2.75) is 40.5 Å². The highest BCUT2D eigenvalue weighted by Crippen LogP contribution is 2.26. The lowest BCUT2D eigenvalue weighted by Crippen LogP contribution is -2.04. The maximum Gasteiger partial charge on any atom is 0.294 e. The van der Waals surface area contributed by atoms with Crippen LogP contribution in [0.4, 0.5) is 0 Å². The van der Waals surface area contributed by atoms with Gasteiger partial charge in [0.1, 0.15) is 0 Å². The molecule has 0 spiro atoms. The number of aromatic amines is 1. The van der Waals surface area contributed by atoms with Gasteiger partial charge in [0.25, 0.3) is 6.01 Å². The van der Waals surface area contributed by atoms with Gasteiger partial charge in [-0.1, -0.05) is 6.92 Å². The molecule has 0 aliphatic heterocycles. The van der Waals surface area contributed by atoms with Crippen LogP contribution in [0.2, 0.25) is 0 Å². The molecule has 4 heteroatoms. The topological polar surface area (TPSA) is 55.0 Å². The second-order valence-electron chi connectivity index (χ2n) is 4.74. The van der Waals surface area contributed by atoms with Crippen molar-refractivity contribution >= 4 is 16.8 Å². The van der Waals surface area contributed by atoms with Crippen molar-refractivity contribution in [2.75, 3.05) is 6.61 Å². The highest BCUT2D eigenvalue weighted by atomic mass is 16.5. The van der Waals surface area contributed by atoms with E-state index in [1.54, 1.807) is 0 Å². The summed E-state index contributed by atoms with van der Waals surface area (Å²) in [4.78, 5) is 19.7. The molecule has 2 rings (SSSR count). The number of hydrogen-bond donors (Lipinski definition) is 1. The number of carbonyl (C=O) groups is 1. The molecular formula is C15H20N2O2. The molecule has 0 atom stereocenters. The summed E-state index contributed by atoms with van der Waals surface area (Å²) in [5.74, 6) is 0.195. The van der Waals surface area contributed by atoms with Crippen LogP contribution < -0.4 is 4.74 Å². The van der Waals surface area contributed by atoms with Gasteiger partial charge in [-0.25, -0.2) is 0 Å². The molecule has 19 heavy (non-hydrogen) atoms. The van der Waals surface area contributed by atoms with Gasteiger partial charge in [-0.05, 0) is 44.4 Å². The van der Waals surface area contributed by atoms with E-state index in [9.17, 15) is 4.79 Å². The Balaban J connectivity index is 2.57. The van der Waals surface area contributed by atoms with Gasteiger partial charge in [-0.15, -0.1) is 0 Å². The fourth-order valence-electron chi connectivity index (χ4n) is 2.44. The number of benzene rings is 1. The van der Waals surface area contributed by atoms with E-state index in [-0.39, 0.29) is 5.78 Å². The van der Waals surface area contributed by atoms with E-state index in [2.05, 4.69) is 9.97 Å². The van der Waals surface area contributed by atoms with E-state index in [0.717, 1.165) is 34.1 Å². The molecular weight excluding hydrogens is 240 g/mol. The normalized spacial score (nSPS) is 10.9. The molecule has 1 N–H and O–H groups in total. The van der Waals surface area contributed by atoms with Crippen LogP contribution in [0.1, 0.15) is 48.2 Å². The molecule has 1 heterocycles. The number of imidazole rings is 1. The smallest absolute Gasteiger partial charge is 0.294 e. The van der Waals surface area contributed by atoms with E-state index >= 15 is 0 Å². The molecule has 1 aromatic carbocycles. The minimum atomic E-state index is 0.195. The minimum absolute atomic E-state index is 0.195. The number of fused-ring (bicyclic) bond motifs is 1. The van der Waals surface area contributed by atoms with Gasteiger partial charge in [0.15, 0.2) is 5.78 Å². The van der Waals surface area contributed by atoms with Crippen molar-refractivity contribution in [3.63, 3.8) is 0 Å². The lowest BCUT2D eigenvalue weighted by atomic mass is 9.95. The van der Waals surface area contributed by atoms with Gasteiger partial charge in [-0.2, -0.15) is 4.98 Å². The molecule has 0 radical (unpaired) electrons. The number of ether oxygens (including phenoxy) is 1. The summed E-state index contributed by atoms with van der Waals surface area (Å²) in [5.41, 5.74) is 4.50. The van der Waals surface area contributed by atoms with Crippen molar-refractivity contribution in [3.8, 4) is 6.01 Å². The van der Waals surface area contributed by atoms with Gasteiger partial charge >= 0.3 is 0 Å². The lowest BCUT2D eigenvalue weighted by molar-refractivity contribution is 0.0980. The second kappa shape index (κ2) is 5.43. The molecule has 4 nitrogen and oxygen atoms in total. The Kier molecular flexibility index (Phi) is 3.88. The lowest BCUT2D eigenvalue weighted by Gasteiger charge is -2.08. The first-order chi connectivity index (χ1) is 9.08. The predicted molar refractivity (Wildman–Crippen MR) is 76.0 cm³/mol. The first kappa shape index (κ1) is 13.6. The molecule has 0 saturated carbocycles. The van der Waals surface area contributed by atoms with Crippen LogP contribution >= 0.6 is 0 Å². The van der Waals surface area contributed by atoms with Gasteiger partial charge in [-0.3, -0.25) is 4.79 Å². The number of carbonyl (C=O) groups excluding carboxylic acids is 1. The molecule has 2 aromatic rings. The summed E-state index contributed by atoms with van der Waals surface area (Å²) >= 11 is 0. The van der Waals surface area contributed by atoms with E-state index in [0.29, 0.717) is 19.0 Å². The molecule has 0 bridgehead atoms. The van der Waals surface area contributed by atoms with Crippen LogP contribution in [0.25, 0.3) is 11.0 Å². The number of hydrogen-bond acceptors (Lipinski definition) is 3. The molecule has 102 valence electrons. The monoisotopic (exact) mass is 260 g/mol. The Bertz CT molecular complexity index is 614. The molecule has 0 saturated heterocycles. The van der Waals surface area contributed by atoms with Crippen molar-refractivity contribution in [1.29, 1.82) is 0 Å². The Hall–Kier alpha value is -1.84. The van der Waals surface area contributed by atoms with Crippen molar-refractivity contribution in [2.24, 2.45) is 0 Å². The number of ketones is 1. The van der Waals surface area contributed by atoms with Gasteiger partial charge in [0.05, 0.1) is 17.6 Å². The SMILES string of the molecule is CCCC(=O)c1c(C)cc2[nH]c(OCC)nc2c1C. The standard InChI is InChI=1S/C15H20N2O2/c1-5-7-12(18)13-9(3)8-11-14(10(13)4)17-15(16-11)19-6-2/h8H,5-7H2,1-4H3,(H,16,17). The number of rotatable bonds is 5. The summed E-state index contributed by atoms with van der Waals surface area (Å²) in [6, 6.07) is 2.49. The number of H-pyrrole nitrogens is 1. The predicted octanol–water partition coefficient (Wildman–Crippen LogP) is 3.56. The molecule has 0 unspecified atom stereocenters. The van der Waals surface area contributed by atoms with Crippen LogP contribution in [0, 0.1) is 13.8 Å². The first-order valence-electron chi connectivity index (χ1n) is 6.74. The van der Waals surface area contributed by atoms with Crippen LogP contribution in [-0.2, 0) is 0 Å². The highest BCUT2D eigenvalue weighted by Gasteiger charge is 2.17. The summed E-state index contributed by atoms with van der Waals surface area (Å²) in [5, 5.41) is 0. The Morgan fingerprint density at radius 3 is 2.74 bits per heavy atom. The zero-order valence-corrected chi connectivity index (χ0v) is 12.0. The van der Waals surface area contributed by atoms with Crippen LogP contribution in [0.5, 0.6) is 6.01 Å². The molecule has 0 aliphatic carbocycles. The summed E-state index contributed by atoms with van der Waals surface area (Å²) in [7, 11) is 0. The third kappa shape index (κ3) is 2.48. The van der Waals surface area contributed by atoms with Gasteiger partial charge < -0.3 is 9.72 Å². The van der Waals surface area contributed by atoms with Gasteiger partial charge in [0.2, 0.25) is 0 Å². The second-order valence-corrected chi connectivity index (χ2v) is 4.74. The third-order valence-electron chi connectivity index (χ3n) is 3.23. The third-order valence-corrected chi connectivity index (χ3v) is 3.23. The van der Waals surface area contributed by atoms with Gasteiger partial charge in [0, 0.05) is 12.0 Å². The first-order valence-corrected chi connectivity index (χ1v) is 6.74. The maximum atomic E-state index is 12.2. The Morgan fingerprint density at radius 1 is 1.37 bits per heavy atom. The average Bonchev–Trinajstić information content (AvgIpc) is 2.72. The maximum absolute atomic E-state index is 12.2. The van der Waals surface area contributed by atoms with Crippen LogP contribution in [0.15, 0.2) is 6.07 Å². The zero-order valence-electron chi connectivity index (χ0n) is 12.0. The fourth-order valence-corrected chi connectivity index (χ4v) is 2.44. The molecule has 0 fully saturated rings. The average molecular weight is 260 g/mol. The fraction of sp³-hybridized carbons (Fsp3) is 0.467. The van der Waals surface area contributed by atoms with E-state index < -0.39 is 0 Å². The number of aryl methyl sites for hydroxylation is 2. The van der Waals surface area contributed by atoms with Crippen molar-refractivity contribution in [3.05, 3.63) is 22.8 Å². The molecule has 0 aliphatic rings. The van der Waals surface area contributed by atoms with E-state index in [1.807, 2.05) is 33.8 Å². The van der Waals surface area contributed by atoms with Crippen molar-refractivity contribution < 1.29 is 9.53 Å². The quantitative estimate of drug-likeness (QED) is 0.836. The Labute approximate surface area is 113 Å². The number of nitrogens with one attached hydrogen (secondary N) is 1. The Morgan fingerprint density at radius 2 is 2.11 bits per heavy atom. The van der Waals surface area contributed by atoms with Crippen LogP contribution in [0.3, 0.4) is 0 Å². The number of nitrogens with zero attached hydrogens (tertiary/aromatic N) is 1. The number of aromatic nitrogens is 2.